The van der Waals surface area contributed by atoms with Crippen LogP contribution in [0.25, 0.3) is 0 Å². The largest absolute Gasteiger partial charge is 0.478 e. The summed E-state index contributed by atoms with van der Waals surface area (Å²) in [5.41, 5.74) is -0.223. The fourth-order valence-electron chi connectivity index (χ4n) is 2.29. The lowest BCUT2D eigenvalue weighted by Gasteiger charge is -2.08. The van der Waals surface area contributed by atoms with E-state index in [1.165, 1.54) is 24.3 Å². The van der Waals surface area contributed by atoms with E-state index in [0.29, 0.717) is 5.56 Å². The zero-order chi connectivity index (χ0) is 19.4. The van der Waals surface area contributed by atoms with E-state index in [9.17, 15) is 34.9 Å². The van der Waals surface area contributed by atoms with Crippen LogP contribution in [-0.4, -0.2) is 26.8 Å². The second kappa shape index (κ2) is 7.38. The molecular weight excluding hydrogens is 346 g/mol. The molecule has 0 radical (unpaired) electrons. The molecule has 10 heteroatoms. The monoisotopic (exact) mass is 359 g/mol. The Bertz CT molecular complexity index is 924. The SMILES string of the molecule is Cc1ccc(NC(=O)Cc2ccc([N+](=O)[O-])cc2C(=O)O)cc1[N+](=O)[O-]. The van der Waals surface area contributed by atoms with Crippen LogP contribution >= 0.6 is 0 Å². The van der Waals surface area contributed by atoms with Crippen molar-refractivity contribution in [3.05, 3.63) is 73.3 Å². The normalized spacial score (nSPS) is 10.2. The molecule has 2 N–H and O–H groups in total. The number of amides is 1. The van der Waals surface area contributed by atoms with Crippen LogP contribution in [0, 0.1) is 27.2 Å². The predicted molar refractivity (Wildman–Crippen MR) is 90.2 cm³/mol. The quantitative estimate of drug-likeness (QED) is 0.594. The number of rotatable bonds is 6. The van der Waals surface area contributed by atoms with Crippen molar-refractivity contribution >= 4 is 28.9 Å². The maximum absolute atomic E-state index is 12.1. The smallest absolute Gasteiger partial charge is 0.336 e. The topological polar surface area (TPSA) is 153 Å². The minimum atomic E-state index is -1.40. The zero-order valence-electron chi connectivity index (χ0n) is 13.5. The summed E-state index contributed by atoms with van der Waals surface area (Å²) in [6.45, 7) is 1.56. The number of nitro groups is 2. The molecule has 2 aromatic rings. The van der Waals surface area contributed by atoms with Crippen LogP contribution in [-0.2, 0) is 11.2 Å². The lowest BCUT2D eigenvalue weighted by atomic mass is 10.0. The van der Waals surface area contributed by atoms with Gasteiger partial charge in [0, 0.05) is 29.4 Å². The number of aromatic carboxylic acids is 1. The van der Waals surface area contributed by atoms with E-state index in [-0.39, 0.29) is 28.9 Å². The van der Waals surface area contributed by atoms with E-state index in [4.69, 9.17) is 0 Å². The lowest BCUT2D eigenvalue weighted by molar-refractivity contribution is -0.385. The fraction of sp³-hybridized carbons (Fsp3) is 0.125. The van der Waals surface area contributed by atoms with Gasteiger partial charge in [0.1, 0.15) is 0 Å². The first-order valence-electron chi connectivity index (χ1n) is 7.24. The van der Waals surface area contributed by atoms with E-state index in [2.05, 4.69) is 5.32 Å². The van der Waals surface area contributed by atoms with Crippen LogP contribution in [0.2, 0.25) is 0 Å². The summed E-state index contributed by atoms with van der Waals surface area (Å²) in [6, 6.07) is 7.32. The molecule has 0 saturated carbocycles. The first kappa shape index (κ1) is 18.5. The Morgan fingerprint density at radius 2 is 1.77 bits per heavy atom. The number of nitro benzene ring substituents is 2. The summed E-state index contributed by atoms with van der Waals surface area (Å²) in [5, 5.41) is 33.3. The molecule has 2 aromatic carbocycles. The highest BCUT2D eigenvalue weighted by Crippen LogP contribution is 2.23. The molecule has 0 atom stereocenters. The van der Waals surface area contributed by atoms with Gasteiger partial charge in [-0.05, 0) is 18.6 Å². The van der Waals surface area contributed by atoms with E-state index in [0.717, 1.165) is 12.1 Å². The number of benzene rings is 2. The van der Waals surface area contributed by atoms with Gasteiger partial charge in [-0.1, -0.05) is 12.1 Å². The van der Waals surface area contributed by atoms with Gasteiger partial charge in [0.25, 0.3) is 11.4 Å². The van der Waals surface area contributed by atoms with Crippen molar-refractivity contribution in [3.63, 3.8) is 0 Å². The average Bonchev–Trinajstić information content (AvgIpc) is 2.56. The number of carboxylic acids is 1. The predicted octanol–water partition coefficient (Wildman–Crippen LogP) is 2.69. The Morgan fingerprint density at radius 1 is 1.08 bits per heavy atom. The van der Waals surface area contributed by atoms with Crippen LogP contribution < -0.4 is 5.32 Å². The maximum Gasteiger partial charge on any atom is 0.336 e. The van der Waals surface area contributed by atoms with Gasteiger partial charge in [0.15, 0.2) is 0 Å². The van der Waals surface area contributed by atoms with Gasteiger partial charge in [-0.3, -0.25) is 25.0 Å². The van der Waals surface area contributed by atoms with Gasteiger partial charge in [0.05, 0.1) is 21.8 Å². The van der Waals surface area contributed by atoms with Gasteiger partial charge in [-0.2, -0.15) is 0 Å². The van der Waals surface area contributed by atoms with Gasteiger partial charge < -0.3 is 10.4 Å². The molecule has 0 spiro atoms. The number of nitrogens with one attached hydrogen (secondary N) is 1. The molecule has 0 aliphatic heterocycles. The Labute approximate surface area is 146 Å². The number of non-ortho nitro benzene ring substituents is 1. The van der Waals surface area contributed by atoms with Gasteiger partial charge in [0.2, 0.25) is 5.91 Å². The summed E-state index contributed by atoms with van der Waals surface area (Å²) in [4.78, 5) is 43.8. The standard InChI is InChI=1S/C16H13N3O7/c1-9-2-4-11(7-14(9)19(25)26)17-15(20)6-10-3-5-12(18(23)24)8-13(10)16(21)22/h2-5,7-8H,6H2,1H3,(H,17,20)(H,21,22). The summed E-state index contributed by atoms with van der Waals surface area (Å²) >= 11 is 0. The van der Waals surface area contributed by atoms with E-state index in [1.807, 2.05) is 0 Å². The van der Waals surface area contributed by atoms with Crippen LogP contribution in [0.5, 0.6) is 0 Å². The van der Waals surface area contributed by atoms with Crippen LogP contribution in [0.3, 0.4) is 0 Å². The van der Waals surface area contributed by atoms with Crippen molar-refractivity contribution in [1.29, 1.82) is 0 Å². The van der Waals surface area contributed by atoms with Crippen molar-refractivity contribution in [1.82, 2.24) is 0 Å². The summed E-state index contributed by atoms with van der Waals surface area (Å²) in [6.07, 6.45) is -0.360. The number of carbonyl (C=O) groups excluding carboxylic acids is 1. The van der Waals surface area contributed by atoms with Gasteiger partial charge in [-0.25, -0.2) is 4.79 Å². The number of hydrogen-bond acceptors (Lipinski definition) is 6. The molecule has 0 aromatic heterocycles. The minimum absolute atomic E-state index is 0.0854. The summed E-state index contributed by atoms with van der Waals surface area (Å²) in [5.74, 6) is -2.01. The molecule has 0 bridgehead atoms. The van der Waals surface area contributed by atoms with Crippen molar-refractivity contribution in [2.45, 2.75) is 13.3 Å². The van der Waals surface area contributed by atoms with E-state index < -0.39 is 27.4 Å². The number of hydrogen-bond donors (Lipinski definition) is 2. The molecule has 0 aliphatic carbocycles. The molecule has 26 heavy (non-hydrogen) atoms. The number of carbonyl (C=O) groups is 2. The summed E-state index contributed by atoms with van der Waals surface area (Å²) < 4.78 is 0. The molecule has 0 heterocycles. The fourth-order valence-corrected chi connectivity index (χ4v) is 2.29. The van der Waals surface area contributed by atoms with Crippen molar-refractivity contribution < 1.29 is 24.5 Å². The highest BCUT2D eigenvalue weighted by atomic mass is 16.6. The molecule has 134 valence electrons. The second-order valence-electron chi connectivity index (χ2n) is 5.39. The molecular formula is C16H13N3O7. The number of carboxylic acid groups (broad SMARTS) is 1. The minimum Gasteiger partial charge on any atom is -0.478 e. The van der Waals surface area contributed by atoms with Crippen LogP contribution in [0.15, 0.2) is 36.4 Å². The molecule has 0 aliphatic rings. The van der Waals surface area contributed by atoms with Crippen molar-refractivity contribution in [2.75, 3.05) is 5.32 Å². The van der Waals surface area contributed by atoms with Crippen LogP contribution in [0.1, 0.15) is 21.5 Å². The van der Waals surface area contributed by atoms with Gasteiger partial charge >= 0.3 is 5.97 Å². The first-order chi connectivity index (χ1) is 12.2. The molecule has 2 rings (SSSR count). The Balaban J connectivity index is 2.23. The third kappa shape index (κ3) is 4.17. The summed E-state index contributed by atoms with van der Waals surface area (Å²) in [7, 11) is 0. The zero-order valence-corrected chi connectivity index (χ0v) is 13.5. The molecule has 0 fully saturated rings. The first-order valence-corrected chi connectivity index (χ1v) is 7.24. The third-order valence-electron chi connectivity index (χ3n) is 3.58. The van der Waals surface area contributed by atoms with Gasteiger partial charge in [-0.15, -0.1) is 0 Å². The lowest BCUT2D eigenvalue weighted by Crippen LogP contribution is -2.17. The molecule has 10 nitrogen and oxygen atoms in total. The highest BCUT2D eigenvalue weighted by Gasteiger charge is 2.18. The molecule has 0 saturated heterocycles. The number of anilines is 1. The third-order valence-corrected chi connectivity index (χ3v) is 3.58. The van der Waals surface area contributed by atoms with E-state index in [1.54, 1.807) is 6.92 Å². The van der Waals surface area contributed by atoms with E-state index >= 15 is 0 Å². The maximum atomic E-state index is 12.1. The highest BCUT2D eigenvalue weighted by molar-refractivity contribution is 5.96. The number of nitrogens with zero attached hydrogens (tertiary/aromatic N) is 2. The average molecular weight is 359 g/mol. The van der Waals surface area contributed by atoms with Crippen molar-refractivity contribution in [2.24, 2.45) is 0 Å². The Hall–Kier alpha value is -3.82. The second-order valence-corrected chi connectivity index (χ2v) is 5.39. The Morgan fingerprint density at radius 3 is 2.35 bits per heavy atom. The molecule has 1 amide bonds. The Kier molecular flexibility index (Phi) is 5.26. The number of aryl methyl sites for hydroxylation is 1. The van der Waals surface area contributed by atoms with Crippen LogP contribution in [0.4, 0.5) is 17.1 Å². The van der Waals surface area contributed by atoms with Crippen molar-refractivity contribution in [3.8, 4) is 0 Å². The molecule has 0 unspecified atom stereocenters.